The van der Waals surface area contributed by atoms with Crippen LogP contribution in [0.1, 0.15) is 69.1 Å². The maximum Gasteiger partial charge on any atom is 0.123 e. The largest absolute Gasteiger partial charge is 0.507 e. The second-order valence-electron chi connectivity index (χ2n) is 9.51. The van der Waals surface area contributed by atoms with Crippen molar-refractivity contribution < 1.29 is 5.11 Å². The molecule has 3 rings (SSSR count). The number of aromatic hydroxyl groups is 1. The third kappa shape index (κ3) is 5.87. The van der Waals surface area contributed by atoms with Crippen LogP contribution in [0.25, 0.3) is 5.57 Å². The zero-order valence-electron chi connectivity index (χ0n) is 18.5. The lowest BCUT2D eigenvalue weighted by Crippen LogP contribution is -2.16. The van der Waals surface area contributed by atoms with Crippen molar-refractivity contribution in [3.8, 4) is 5.75 Å². The molecule has 2 nitrogen and oxygen atoms in total. The second-order valence-corrected chi connectivity index (χ2v) is 9.51. The Morgan fingerprint density at radius 1 is 1.03 bits per heavy atom. The van der Waals surface area contributed by atoms with Gasteiger partial charge in [-0.25, -0.2) is 0 Å². The molecular formula is C26H36ClNO. The molecule has 0 radical (unpaired) electrons. The lowest BCUT2D eigenvalue weighted by molar-refractivity contribution is 0.438. The fourth-order valence-corrected chi connectivity index (χ4v) is 4.33. The van der Waals surface area contributed by atoms with Crippen LogP contribution < -0.4 is 0 Å². The minimum atomic E-state index is 0. The van der Waals surface area contributed by atoms with Gasteiger partial charge in [-0.15, -0.1) is 12.4 Å². The Bertz CT molecular complexity index is 848. The molecule has 1 aliphatic rings. The third-order valence-corrected chi connectivity index (χ3v) is 5.87. The van der Waals surface area contributed by atoms with E-state index in [1.165, 1.54) is 35.1 Å². The summed E-state index contributed by atoms with van der Waals surface area (Å²) in [5, 5.41) is 10.6. The summed E-state index contributed by atoms with van der Waals surface area (Å²) in [6.45, 7) is 7.80. The van der Waals surface area contributed by atoms with Crippen LogP contribution in [-0.2, 0) is 5.41 Å². The number of halogens is 1. The molecule has 0 heterocycles. The van der Waals surface area contributed by atoms with Gasteiger partial charge in [-0.05, 0) is 73.9 Å². The van der Waals surface area contributed by atoms with Gasteiger partial charge in [0.2, 0.25) is 0 Å². The van der Waals surface area contributed by atoms with Crippen molar-refractivity contribution in [1.29, 1.82) is 0 Å². The number of likely N-dealkylation sites (N-methyl/N-ethyl adjacent to an activating group) is 1. The maximum absolute atomic E-state index is 10.6. The highest BCUT2D eigenvalue weighted by molar-refractivity contribution is 5.85. The van der Waals surface area contributed by atoms with Gasteiger partial charge in [0.15, 0.2) is 0 Å². The van der Waals surface area contributed by atoms with Crippen LogP contribution in [0.4, 0.5) is 0 Å². The Morgan fingerprint density at radius 3 is 2.41 bits per heavy atom. The Morgan fingerprint density at radius 2 is 1.76 bits per heavy atom. The first-order valence-corrected chi connectivity index (χ1v) is 10.5. The first-order valence-electron chi connectivity index (χ1n) is 10.5. The van der Waals surface area contributed by atoms with Crippen molar-refractivity contribution in [1.82, 2.24) is 4.90 Å². The molecule has 0 spiro atoms. The number of rotatable bonds is 4. The normalized spacial score (nSPS) is 17.8. The standard InChI is InChI=1S/C26H35NO.ClH/c1-26(2,3)22-13-9-11-19(16-22)20-10-8-12-21(18-27(4)5)24(17-20)23-14-6-7-15-25(23)28;/h6-7,9,11,13-16,20,28H,8,10,12,17-18H2,1-5H3;1H. The van der Waals surface area contributed by atoms with E-state index in [1.807, 2.05) is 18.2 Å². The minimum Gasteiger partial charge on any atom is -0.507 e. The van der Waals surface area contributed by atoms with E-state index in [-0.39, 0.29) is 17.8 Å². The van der Waals surface area contributed by atoms with Crippen LogP contribution in [0.5, 0.6) is 5.75 Å². The number of hydrogen-bond acceptors (Lipinski definition) is 2. The summed E-state index contributed by atoms with van der Waals surface area (Å²) in [5.41, 5.74) is 6.82. The van der Waals surface area contributed by atoms with Crippen molar-refractivity contribution in [2.24, 2.45) is 0 Å². The lowest BCUT2D eigenvalue weighted by Gasteiger charge is -2.24. The second kappa shape index (κ2) is 9.82. The van der Waals surface area contributed by atoms with E-state index in [4.69, 9.17) is 0 Å². The lowest BCUT2D eigenvalue weighted by atomic mass is 9.82. The average Bonchev–Trinajstić information content (AvgIpc) is 2.84. The van der Waals surface area contributed by atoms with Crippen LogP contribution in [0.15, 0.2) is 54.1 Å². The number of nitrogens with zero attached hydrogens (tertiary/aromatic N) is 1. The van der Waals surface area contributed by atoms with Gasteiger partial charge < -0.3 is 10.0 Å². The first-order chi connectivity index (χ1) is 13.3. The molecule has 1 atom stereocenters. The molecule has 1 N–H and O–H groups in total. The highest BCUT2D eigenvalue weighted by Gasteiger charge is 2.24. The quantitative estimate of drug-likeness (QED) is 0.596. The molecule has 29 heavy (non-hydrogen) atoms. The van der Waals surface area contributed by atoms with Crippen LogP contribution in [0.2, 0.25) is 0 Å². The molecule has 0 amide bonds. The summed E-state index contributed by atoms with van der Waals surface area (Å²) < 4.78 is 0. The van der Waals surface area contributed by atoms with Crippen LogP contribution >= 0.6 is 12.4 Å². The minimum absolute atomic E-state index is 0. The molecule has 0 bridgehead atoms. The SMILES string of the molecule is CN(C)CC1=C(c2ccccc2O)CC(c2cccc(C(C)(C)C)c2)CCC1.Cl. The molecule has 0 aliphatic heterocycles. The van der Waals surface area contributed by atoms with Crippen LogP contribution in [0, 0.1) is 0 Å². The smallest absolute Gasteiger partial charge is 0.123 e. The molecule has 1 unspecified atom stereocenters. The van der Waals surface area contributed by atoms with Gasteiger partial charge in [0, 0.05) is 12.1 Å². The van der Waals surface area contributed by atoms with Crippen LogP contribution in [-0.4, -0.2) is 30.6 Å². The predicted molar refractivity (Wildman–Crippen MR) is 127 cm³/mol. The van der Waals surface area contributed by atoms with Gasteiger partial charge >= 0.3 is 0 Å². The van der Waals surface area contributed by atoms with Gasteiger partial charge in [-0.2, -0.15) is 0 Å². The molecule has 0 aromatic heterocycles. The third-order valence-electron chi connectivity index (χ3n) is 5.87. The number of benzene rings is 2. The zero-order valence-corrected chi connectivity index (χ0v) is 19.4. The van der Waals surface area contributed by atoms with E-state index in [2.05, 4.69) is 70.1 Å². The summed E-state index contributed by atoms with van der Waals surface area (Å²) in [6, 6.07) is 17.0. The summed E-state index contributed by atoms with van der Waals surface area (Å²) >= 11 is 0. The highest BCUT2D eigenvalue weighted by atomic mass is 35.5. The number of allylic oxidation sites excluding steroid dienone is 1. The van der Waals surface area contributed by atoms with Crippen molar-refractivity contribution in [3.63, 3.8) is 0 Å². The van der Waals surface area contributed by atoms with Crippen molar-refractivity contribution in [2.45, 2.75) is 57.8 Å². The molecule has 3 heteroatoms. The van der Waals surface area contributed by atoms with Gasteiger partial charge in [0.1, 0.15) is 5.75 Å². The first kappa shape index (κ1) is 23.5. The Hall–Kier alpha value is -1.77. The van der Waals surface area contributed by atoms with Crippen molar-refractivity contribution in [3.05, 3.63) is 70.8 Å². The molecule has 0 saturated carbocycles. The maximum atomic E-state index is 10.6. The monoisotopic (exact) mass is 413 g/mol. The fraction of sp³-hybridized carbons (Fsp3) is 0.462. The molecule has 2 aromatic rings. The summed E-state index contributed by atoms with van der Waals surface area (Å²) in [4.78, 5) is 2.25. The van der Waals surface area contributed by atoms with E-state index in [1.54, 1.807) is 0 Å². The summed E-state index contributed by atoms with van der Waals surface area (Å²) in [7, 11) is 4.26. The van der Waals surface area contributed by atoms with Gasteiger partial charge in [-0.3, -0.25) is 0 Å². The molecule has 158 valence electrons. The van der Waals surface area contributed by atoms with E-state index in [0.717, 1.165) is 24.9 Å². The molecule has 0 fully saturated rings. The highest BCUT2D eigenvalue weighted by Crippen LogP contribution is 2.42. The van der Waals surface area contributed by atoms with E-state index < -0.39 is 0 Å². The summed E-state index contributed by atoms with van der Waals surface area (Å²) in [6.07, 6.45) is 4.50. The number of hydrogen-bond donors (Lipinski definition) is 1. The zero-order chi connectivity index (χ0) is 20.3. The van der Waals surface area contributed by atoms with Gasteiger partial charge in [-0.1, -0.05) is 68.8 Å². The molecule has 0 saturated heterocycles. The fourth-order valence-electron chi connectivity index (χ4n) is 4.33. The molecule has 2 aromatic carbocycles. The topological polar surface area (TPSA) is 23.5 Å². The molecular weight excluding hydrogens is 378 g/mol. The Balaban J connectivity index is 0.00000300. The van der Waals surface area contributed by atoms with Gasteiger partial charge in [0.25, 0.3) is 0 Å². The van der Waals surface area contributed by atoms with E-state index in [9.17, 15) is 5.11 Å². The Kier molecular flexibility index (Phi) is 7.96. The molecule has 1 aliphatic carbocycles. The van der Waals surface area contributed by atoms with Crippen LogP contribution in [0.3, 0.4) is 0 Å². The predicted octanol–water partition coefficient (Wildman–Crippen LogP) is 6.78. The summed E-state index contributed by atoms with van der Waals surface area (Å²) in [5.74, 6) is 0.898. The number of phenols is 1. The van der Waals surface area contributed by atoms with Crippen molar-refractivity contribution in [2.75, 3.05) is 20.6 Å². The van der Waals surface area contributed by atoms with Crippen molar-refractivity contribution >= 4 is 18.0 Å². The van der Waals surface area contributed by atoms with E-state index >= 15 is 0 Å². The van der Waals surface area contributed by atoms with Gasteiger partial charge in [0.05, 0.1) is 0 Å². The Labute approximate surface area is 183 Å². The number of phenolic OH excluding ortho intramolecular Hbond substituents is 1. The van der Waals surface area contributed by atoms with E-state index in [0.29, 0.717) is 11.7 Å². The average molecular weight is 414 g/mol. The number of para-hydroxylation sites is 1.